The molecule has 0 radical (unpaired) electrons. The van der Waals surface area contributed by atoms with E-state index < -0.39 is 12.2 Å². The molecule has 1 unspecified atom stereocenters. The van der Waals surface area contributed by atoms with Crippen LogP contribution in [0.25, 0.3) is 0 Å². The van der Waals surface area contributed by atoms with Gasteiger partial charge in [0.1, 0.15) is 5.78 Å². The average molecular weight is 411 g/mol. The molecular weight excluding hydrogens is 376 g/mol. The van der Waals surface area contributed by atoms with E-state index in [0.29, 0.717) is 19.3 Å². The number of carbonyl (C=O) groups is 2. The first-order valence-corrected chi connectivity index (χ1v) is 11.2. The molecule has 28 heavy (non-hydrogen) atoms. The van der Waals surface area contributed by atoms with Crippen LogP contribution in [0.3, 0.4) is 0 Å². The summed E-state index contributed by atoms with van der Waals surface area (Å²) in [6.07, 6.45) is 5.68. The van der Waals surface area contributed by atoms with Gasteiger partial charge in [-0.05, 0) is 30.3 Å². The highest BCUT2D eigenvalue weighted by Crippen LogP contribution is 2.34. The summed E-state index contributed by atoms with van der Waals surface area (Å²) >= 11 is 1.71. The molecule has 5 nitrogen and oxygen atoms in total. The standard InChI is InChI=1S/C22H34O5S/c1-4-5-6-8-16(2)19(23)11-10-17-18(21(25)15-20(17)24)12-14-28-13-7-9-22(26)27-3/h10-11,16-20,23-24H,4,7-9,12-15H2,1-3H3/b11-10+/t16-,17+,18+,19?,20+/m0/s1. The Balaban J connectivity index is 2.47. The van der Waals surface area contributed by atoms with Gasteiger partial charge in [-0.25, -0.2) is 0 Å². The highest BCUT2D eigenvalue weighted by molar-refractivity contribution is 7.99. The van der Waals surface area contributed by atoms with E-state index in [1.54, 1.807) is 17.8 Å². The van der Waals surface area contributed by atoms with Crippen molar-refractivity contribution in [3.63, 3.8) is 0 Å². The fourth-order valence-corrected chi connectivity index (χ4v) is 4.21. The monoisotopic (exact) mass is 410 g/mol. The number of hydrogen-bond donors (Lipinski definition) is 2. The minimum absolute atomic E-state index is 0.00774. The van der Waals surface area contributed by atoms with Gasteiger partial charge in [-0.15, -0.1) is 11.8 Å². The van der Waals surface area contributed by atoms with Gasteiger partial charge in [0.05, 0.1) is 19.3 Å². The van der Waals surface area contributed by atoms with Crippen LogP contribution >= 0.6 is 11.8 Å². The van der Waals surface area contributed by atoms with Crippen molar-refractivity contribution in [3.8, 4) is 11.8 Å². The van der Waals surface area contributed by atoms with Crippen LogP contribution in [0.4, 0.5) is 0 Å². The maximum Gasteiger partial charge on any atom is 0.305 e. The molecule has 0 aromatic carbocycles. The molecule has 1 rings (SSSR count). The summed E-state index contributed by atoms with van der Waals surface area (Å²) in [5, 5.41) is 20.5. The minimum Gasteiger partial charge on any atom is -0.469 e. The zero-order chi connectivity index (χ0) is 20.9. The van der Waals surface area contributed by atoms with E-state index in [-0.39, 0.29) is 35.9 Å². The number of ether oxygens (including phenoxy) is 1. The molecule has 0 saturated heterocycles. The number of Topliss-reactive ketones (excluding diaryl/α,β-unsaturated/α-hetero) is 1. The first-order chi connectivity index (χ1) is 13.4. The molecule has 1 aliphatic carbocycles. The van der Waals surface area contributed by atoms with Gasteiger partial charge < -0.3 is 14.9 Å². The van der Waals surface area contributed by atoms with Crippen molar-refractivity contribution in [3.05, 3.63) is 12.2 Å². The number of aliphatic hydroxyl groups excluding tert-OH is 2. The lowest BCUT2D eigenvalue weighted by atomic mass is 9.90. The summed E-state index contributed by atoms with van der Waals surface area (Å²) in [6, 6.07) is 0. The second-order valence-electron chi connectivity index (χ2n) is 7.27. The summed E-state index contributed by atoms with van der Waals surface area (Å²) in [7, 11) is 1.39. The Kier molecular flexibility index (Phi) is 12.2. The van der Waals surface area contributed by atoms with Crippen LogP contribution in [-0.4, -0.2) is 52.8 Å². The molecule has 5 atom stereocenters. The molecule has 1 saturated carbocycles. The molecule has 0 aromatic rings. The van der Waals surface area contributed by atoms with E-state index in [2.05, 4.69) is 16.6 Å². The molecule has 1 fully saturated rings. The minimum atomic E-state index is -0.680. The largest absolute Gasteiger partial charge is 0.469 e. The molecule has 0 aliphatic heterocycles. The fourth-order valence-electron chi connectivity index (χ4n) is 3.24. The summed E-state index contributed by atoms with van der Waals surface area (Å²) < 4.78 is 4.61. The molecule has 0 amide bonds. The van der Waals surface area contributed by atoms with Gasteiger partial charge in [0.25, 0.3) is 0 Å². The number of ketones is 1. The number of rotatable bonds is 11. The molecule has 0 bridgehead atoms. The molecule has 1 aliphatic rings. The van der Waals surface area contributed by atoms with Gasteiger partial charge in [-0.3, -0.25) is 9.59 Å². The first kappa shape index (κ1) is 24.7. The van der Waals surface area contributed by atoms with E-state index in [0.717, 1.165) is 24.3 Å². The van der Waals surface area contributed by atoms with Crippen LogP contribution < -0.4 is 0 Å². The summed E-state index contributed by atoms with van der Waals surface area (Å²) in [5.41, 5.74) is 0. The third-order valence-electron chi connectivity index (χ3n) is 5.04. The second-order valence-corrected chi connectivity index (χ2v) is 8.49. The van der Waals surface area contributed by atoms with E-state index in [4.69, 9.17) is 0 Å². The molecule has 158 valence electrons. The molecular formula is C22H34O5S. The smallest absolute Gasteiger partial charge is 0.305 e. The first-order valence-electron chi connectivity index (χ1n) is 10.1. The Morgan fingerprint density at radius 3 is 2.82 bits per heavy atom. The highest BCUT2D eigenvalue weighted by atomic mass is 32.2. The quantitative estimate of drug-likeness (QED) is 0.236. The van der Waals surface area contributed by atoms with Crippen molar-refractivity contribution in [2.24, 2.45) is 17.8 Å². The van der Waals surface area contributed by atoms with Gasteiger partial charge in [0, 0.05) is 37.5 Å². The number of hydrogen-bond acceptors (Lipinski definition) is 6. The molecule has 2 N–H and O–H groups in total. The van der Waals surface area contributed by atoms with Gasteiger partial charge in [0.15, 0.2) is 0 Å². The number of methoxy groups -OCH3 is 1. The lowest BCUT2D eigenvalue weighted by molar-refractivity contribution is -0.140. The Hall–Kier alpha value is -1.29. The van der Waals surface area contributed by atoms with Crippen molar-refractivity contribution >= 4 is 23.5 Å². The van der Waals surface area contributed by atoms with E-state index >= 15 is 0 Å². The fraction of sp³-hybridized carbons (Fsp3) is 0.727. The third-order valence-corrected chi connectivity index (χ3v) is 6.14. The van der Waals surface area contributed by atoms with Crippen molar-refractivity contribution in [1.29, 1.82) is 0 Å². The molecule has 6 heteroatoms. The van der Waals surface area contributed by atoms with Crippen LogP contribution in [0.2, 0.25) is 0 Å². The third kappa shape index (κ3) is 8.81. The van der Waals surface area contributed by atoms with Crippen LogP contribution in [0, 0.1) is 29.6 Å². The Morgan fingerprint density at radius 2 is 2.14 bits per heavy atom. The van der Waals surface area contributed by atoms with Crippen LogP contribution in [0.15, 0.2) is 12.2 Å². The molecule has 0 aromatic heterocycles. The second kappa shape index (κ2) is 13.8. The summed E-state index contributed by atoms with van der Waals surface area (Å²) in [5.74, 6) is 7.14. The lowest BCUT2D eigenvalue weighted by Gasteiger charge is -2.19. The average Bonchev–Trinajstić information content (AvgIpc) is 2.94. The highest BCUT2D eigenvalue weighted by Gasteiger charge is 2.39. The predicted octanol–water partition coefficient (Wildman–Crippen LogP) is 2.99. The van der Waals surface area contributed by atoms with Crippen LogP contribution in [-0.2, 0) is 14.3 Å². The number of aliphatic hydroxyl groups is 2. The van der Waals surface area contributed by atoms with E-state index in [9.17, 15) is 19.8 Å². The van der Waals surface area contributed by atoms with Crippen molar-refractivity contribution in [2.45, 2.75) is 64.6 Å². The van der Waals surface area contributed by atoms with Gasteiger partial charge in [-0.2, -0.15) is 11.8 Å². The van der Waals surface area contributed by atoms with Crippen LogP contribution in [0.5, 0.6) is 0 Å². The van der Waals surface area contributed by atoms with Gasteiger partial charge in [-0.1, -0.05) is 26.0 Å². The molecule has 0 heterocycles. The van der Waals surface area contributed by atoms with Crippen molar-refractivity contribution in [2.75, 3.05) is 18.6 Å². The zero-order valence-corrected chi connectivity index (χ0v) is 18.0. The van der Waals surface area contributed by atoms with E-state index in [1.165, 1.54) is 7.11 Å². The van der Waals surface area contributed by atoms with E-state index in [1.807, 2.05) is 19.9 Å². The topological polar surface area (TPSA) is 83.8 Å². The maximum absolute atomic E-state index is 12.3. The van der Waals surface area contributed by atoms with Gasteiger partial charge >= 0.3 is 5.97 Å². The summed E-state index contributed by atoms with van der Waals surface area (Å²) in [6.45, 7) is 3.93. The summed E-state index contributed by atoms with van der Waals surface area (Å²) in [4.78, 5) is 23.3. The predicted molar refractivity (Wildman–Crippen MR) is 113 cm³/mol. The number of carbonyl (C=O) groups excluding carboxylic acids is 2. The number of esters is 1. The maximum atomic E-state index is 12.3. The Labute approximate surface area is 173 Å². The van der Waals surface area contributed by atoms with Gasteiger partial charge in [0.2, 0.25) is 0 Å². The van der Waals surface area contributed by atoms with Crippen LogP contribution in [0.1, 0.15) is 52.4 Å². The normalized spacial score (nSPS) is 24.0. The molecule has 0 spiro atoms. The van der Waals surface area contributed by atoms with Crippen molar-refractivity contribution < 1.29 is 24.5 Å². The zero-order valence-electron chi connectivity index (χ0n) is 17.2. The Bertz CT molecular complexity index is 577. The Morgan fingerprint density at radius 1 is 1.39 bits per heavy atom. The number of thioether (sulfide) groups is 1. The lowest BCUT2D eigenvalue weighted by Crippen LogP contribution is -2.21. The SMILES string of the molecule is CCC#CC[C@H](C)C(O)/C=C/[C@H]1[C@H](O)CC(=O)[C@@H]1CCSCCCC(=O)OC. The van der Waals surface area contributed by atoms with Crippen molar-refractivity contribution in [1.82, 2.24) is 0 Å².